The van der Waals surface area contributed by atoms with Gasteiger partial charge in [0, 0.05) is 17.9 Å². The van der Waals surface area contributed by atoms with Gasteiger partial charge in [0.15, 0.2) is 5.16 Å². The Morgan fingerprint density at radius 2 is 2.25 bits per heavy atom. The number of thioether (sulfide) groups is 1. The fraction of sp³-hybridized carbons (Fsp3) is 0.857. The lowest BCUT2D eigenvalue weighted by atomic mass is 9.75. The van der Waals surface area contributed by atoms with Crippen LogP contribution >= 0.6 is 11.8 Å². The summed E-state index contributed by atoms with van der Waals surface area (Å²) in [4.78, 5) is 0. The molecule has 1 saturated carbocycles. The first-order valence-corrected chi connectivity index (χ1v) is 8.46. The van der Waals surface area contributed by atoms with E-state index in [1.54, 1.807) is 0 Å². The van der Waals surface area contributed by atoms with Crippen molar-refractivity contribution in [3.8, 4) is 0 Å². The van der Waals surface area contributed by atoms with Gasteiger partial charge in [-0.1, -0.05) is 11.8 Å². The lowest BCUT2D eigenvalue weighted by Gasteiger charge is -2.46. The Kier molecular flexibility index (Phi) is 4.06. The van der Waals surface area contributed by atoms with Crippen LogP contribution < -0.4 is 5.73 Å². The molecule has 2 aliphatic rings. The smallest absolute Gasteiger partial charge is 0.191 e. The molecule has 2 N–H and O–H groups in total. The average molecular weight is 296 g/mol. The maximum absolute atomic E-state index is 6.00. The highest BCUT2D eigenvalue weighted by Gasteiger charge is 2.43. The first-order chi connectivity index (χ1) is 9.63. The Balaban J connectivity index is 1.72. The summed E-state index contributed by atoms with van der Waals surface area (Å²) in [6.45, 7) is 5.65. The summed E-state index contributed by atoms with van der Waals surface area (Å²) in [5.74, 6) is 0.882. The van der Waals surface area contributed by atoms with Gasteiger partial charge in [-0.15, -0.1) is 10.2 Å². The van der Waals surface area contributed by atoms with Crippen molar-refractivity contribution >= 4 is 11.8 Å². The zero-order valence-corrected chi connectivity index (χ0v) is 13.2. The minimum absolute atomic E-state index is 0.190. The predicted molar refractivity (Wildman–Crippen MR) is 79.7 cm³/mol. The lowest BCUT2D eigenvalue weighted by Crippen LogP contribution is -2.46. The van der Waals surface area contributed by atoms with E-state index in [9.17, 15) is 0 Å². The Hall–Kier alpha value is -0.590. The van der Waals surface area contributed by atoms with Crippen LogP contribution in [-0.2, 0) is 11.3 Å². The van der Waals surface area contributed by atoms with Gasteiger partial charge in [-0.2, -0.15) is 0 Å². The van der Waals surface area contributed by atoms with E-state index in [4.69, 9.17) is 10.5 Å². The van der Waals surface area contributed by atoms with Gasteiger partial charge in [-0.3, -0.25) is 0 Å². The summed E-state index contributed by atoms with van der Waals surface area (Å²) < 4.78 is 8.17. The SMILES string of the molecule is CC(C)n1c(CN)nnc1SC1CCOC2(CCC2)C1. The van der Waals surface area contributed by atoms with Gasteiger partial charge < -0.3 is 15.0 Å². The molecule has 1 aliphatic heterocycles. The molecule has 20 heavy (non-hydrogen) atoms. The third-order valence-electron chi connectivity index (χ3n) is 4.42. The summed E-state index contributed by atoms with van der Waals surface area (Å²) in [5, 5.41) is 10.2. The van der Waals surface area contributed by atoms with Crippen LogP contribution in [0.5, 0.6) is 0 Å². The number of nitrogens with two attached hydrogens (primary N) is 1. The normalized spacial score (nSPS) is 25.1. The molecular formula is C14H24N4OS. The van der Waals surface area contributed by atoms with Gasteiger partial charge in [0.25, 0.3) is 0 Å². The number of aromatic nitrogens is 3. The Morgan fingerprint density at radius 1 is 1.45 bits per heavy atom. The molecule has 6 heteroatoms. The minimum atomic E-state index is 0.190. The molecule has 1 aromatic heterocycles. The van der Waals surface area contributed by atoms with Crippen molar-refractivity contribution < 1.29 is 4.74 Å². The highest BCUT2D eigenvalue weighted by Crippen LogP contribution is 2.46. The van der Waals surface area contributed by atoms with Crippen LogP contribution in [0, 0.1) is 0 Å². The molecule has 1 atom stereocenters. The quantitative estimate of drug-likeness (QED) is 0.924. The average Bonchev–Trinajstić information content (AvgIpc) is 2.80. The van der Waals surface area contributed by atoms with E-state index in [1.165, 1.54) is 19.3 Å². The second kappa shape index (κ2) is 5.66. The van der Waals surface area contributed by atoms with E-state index in [1.807, 2.05) is 11.8 Å². The van der Waals surface area contributed by atoms with Gasteiger partial charge >= 0.3 is 0 Å². The molecule has 5 nitrogen and oxygen atoms in total. The standard InChI is InChI=1S/C14H24N4OS/c1-10(2)18-12(9-15)16-17-13(18)20-11-4-7-19-14(8-11)5-3-6-14/h10-11H,3-9,15H2,1-2H3. The van der Waals surface area contributed by atoms with Crippen LogP contribution in [0.3, 0.4) is 0 Å². The van der Waals surface area contributed by atoms with Crippen molar-refractivity contribution in [1.82, 2.24) is 14.8 Å². The van der Waals surface area contributed by atoms with Crippen molar-refractivity contribution in [3.05, 3.63) is 5.82 Å². The molecule has 112 valence electrons. The third-order valence-corrected chi connectivity index (χ3v) is 5.64. The number of rotatable bonds is 4. The molecule has 0 radical (unpaired) electrons. The first kappa shape index (κ1) is 14.4. The van der Waals surface area contributed by atoms with Crippen LogP contribution in [0.25, 0.3) is 0 Å². The Bertz CT molecular complexity index is 470. The maximum atomic E-state index is 6.00. The second-order valence-electron chi connectivity index (χ2n) is 6.18. The zero-order valence-electron chi connectivity index (χ0n) is 12.3. The highest BCUT2D eigenvalue weighted by atomic mass is 32.2. The topological polar surface area (TPSA) is 66.0 Å². The number of ether oxygens (including phenoxy) is 1. The van der Waals surface area contributed by atoms with E-state index >= 15 is 0 Å². The molecule has 0 amide bonds. The van der Waals surface area contributed by atoms with E-state index in [0.29, 0.717) is 17.8 Å². The molecule has 1 spiro atoms. The molecular weight excluding hydrogens is 272 g/mol. The van der Waals surface area contributed by atoms with Crippen LogP contribution in [0.4, 0.5) is 0 Å². The number of hydrogen-bond donors (Lipinski definition) is 1. The van der Waals surface area contributed by atoms with E-state index in [2.05, 4.69) is 28.6 Å². The van der Waals surface area contributed by atoms with Crippen molar-refractivity contribution in [2.75, 3.05) is 6.61 Å². The van der Waals surface area contributed by atoms with Gasteiger partial charge in [-0.05, 0) is 46.0 Å². The fourth-order valence-electron chi connectivity index (χ4n) is 3.20. The summed E-state index contributed by atoms with van der Waals surface area (Å²) in [6.07, 6.45) is 6.04. The fourth-order valence-corrected chi connectivity index (χ4v) is 4.61. The van der Waals surface area contributed by atoms with Crippen molar-refractivity contribution in [1.29, 1.82) is 0 Å². The van der Waals surface area contributed by atoms with Crippen LogP contribution in [0.2, 0.25) is 0 Å². The predicted octanol–water partition coefficient (Wildman–Crippen LogP) is 2.51. The van der Waals surface area contributed by atoms with E-state index in [-0.39, 0.29) is 5.60 Å². The molecule has 2 heterocycles. The molecule has 3 rings (SSSR count). The van der Waals surface area contributed by atoms with Crippen molar-refractivity contribution in [3.63, 3.8) is 0 Å². The molecule has 2 fully saturated rings. The molecule has 0 bridgehead atoms. The molecule has 0 aromatic carbocycles. The van der Waals surface area contributed by atoms with Crippen molar-refractivity contribution in [2.24, 2.45) is 5.73 Å². The largest absolute Gasteiger partial charge is 0.375 e. The number of hydrogen-bond acceptors (Lipinski definition) is 5. The molecule has 1 unspecified atom stereocenters. The highest BCUT2D eigenvalue weighted by molar-refractivity contribution is 7.99. The Morgan fingerprint density at radius 3 is 2.85 bits per heavy atom. The molecule has 1 aromatic rings. The number of nitrogens with zero attached hydrogens (tertiary/aromatic N) is 3. The second-order valence-corrected chi connectivity index (χ2v) is 7.45. The van der Waals surface area contributed by atoms with Crippen LogP contribution in [-0.4, -0.2) is 32.2 Å². The summed E-state index contributed by atoms with van der Waals surface area (Å²) >= 11 is 1.86. The summed E-state index contributed by atoms with van der Waals surface area (Å²) in [7, 11) is 0. The van der Waals surface area contributed by atoms with E-state index in [0.717, 1.165) is 30.4 Å². The van der Waals surface area contributed by atoms with Crippen LogP contribution in [0.1, 0.15) is 57.8 Å². The summed E-state index contributed by atoms with van der Waals surface area (Å²) in [6, 6.07) is 0.351. The lowest BCUT2D eigenvalue weighted by molar-refractivity contribution is -0.125. The first-order valence-electron chi connectivity index (χ1n) is 7.58. The third kappa shape index (κ3) is 2.61. The van der Waals surface area contributed by atoms with Gasteiger partial charge in [0.1, 0.15) is 5.82 Å². The zero-order chi connectivity index (χ0) is 14.2. The van der Waals surface area contributed by atoms with Gasteiger partial charge in [0.2, 0.25) is 0 Å². The monoisotopic (exact) mass is 296 g/mol. The van der Waals surface area contributed by atoms with E-state index < -0.39 is 0 Å². The van der Waals surface area contributed by atoms with Crippen LogP contribution in [0.15, 0.2) is 5.16 Å². The van der Waals surface area contributed by atoms with Gasteiger partial charge in [-0.25, -0.2) is 0 Å². The maximum Gasteiger partial charge on any atom is 0.191 e. The Labute approximate surface area is 124 Å². The molecule has 1 aliphatic carbocycles. The molecule has 1 saturated heterocycles. The summed E-state index contributed by atoms with van der Waals surface area (Å²) in [5.41, 5.74) is 5.95. The van der Waals surface area contributed by atoms with Gasteiger partial charge in [0.05, 0.1) is 12.1 Å². The van der Waals surface area contributed by atoms with Crippen molar-refractivity contribution in [2.45, 2.75) is 74.5 Å². The minimum Gasteiger partial charge on any atom is -0.375 e.